The van der Waals surface area contributed by atoms with E-state index in [9.17, 15) is 8.42 Å². The van der Waals surface area contributed by atoms with Gasteiger partial charge in [0.1, 0.15) is 0 Å². The Morgan fingerprint density at radius 3 is 2.48 bits per heavy atom. The molecular weight excluding hydrogens is 284 g/mol. The van der Waals surface area contributed by atoms with Gasteiger partial charge in [0.15, 0.2) is 0 Å². The van der Waals surface area contributed by atoms with Gasteiger partial charge in [-0.15, -0.1) is 0 Å². The van der Waals surface area contributed by atoms with E-state index in [1.165, 1.54) is 0 Å². The first-order valence-corrected chi connectivity index (χ1v) is 9.08. The molecule has 0 saturated carbocycles. The first kappa shape index (κ1) is 16.5. The summed E-state index contributed by atoms with van der Waals surface area (Å²) < 4.78 is 27.0. The molecule has 0 radical (unpaired) electrons. The van der Waals surface area contributed by atoms with Crippen molar-refractivity contribution in [2.75, 3.05) is 19.6 Å². The molecule has 1 aliphatic rings. The zero-order valence-electron chi connectivity index (χ0n) is 13.0. The van der Waals surface area contributed by atoms with Gasteiger partial charge >= 0.3 is 0 Å². The number of rotatable bonds is 5. The Kier molecular flexibility index (Phi) is 5.07. The largest absolute Gasteiger partial charge is 0.330 e. The summed E-state index contributed by atoms with van der Waals surface area (Å²) >= 11 is 0. The Bertz CT molecular complexity index is 564. The molecule has 118 valence electrons. The number of aryl methyl sites for hydroxylation is 1. The average molecular weight is 310 g/mol. The van der Waals surface area contributed by atoms with Crippen LogP contribution in [0.1, 0.15) is 38.7 Å². The highest BCUT2D eigenvalue weighted by atomic mass is 32.2. The number of sulfonamides is 1. The normalized spacial score (nSPS) is 19.6. The lowest BCUT2D eigenvalue weighted by atomic mass is 9.85. The zero-order chi connectivity index (χ0) is 15.5. The molecule has 0 aliphatic carbocycles. The fourth-order valence-electron chi connectivity index (χ4n) is 2.86. The number of piperidine rings is 1. The van der Waals surface area contributed by atoms with Gasteiger partial charge in [0.05, 0.1) is 4.90 Å². The van der Waals surface area contributed by atoms with Crippen LogP contribution in [0.2, 0.25) is 0 Å². The maximum absolute atomic E-state index is 12.7. The van der Waals surface area contributed by atoms with E-state index < -0.39 is 10.0 Å². The third-order valence-corrected chi connectivity index (χ3v) is 5.96. The van der Waals surface area contributed by atoms with Crippen molar-refractivity contribution in [3.05, 3.63) is 29.8 Å². The van der Waals surface area contributed by atoms with E-state index in [0.717, 1.165) is 31.2 Å². The van der Waals surface area contributed by atoms with Crippen molar-refractivity contribution in [1.29, 1.82) is 0 Å². The van der Waals surface area contributed by atoms with Crippen LogP contribution in [-0.2, 0) is 16.4 Å². The standard InChI is InChI=1S/C16H26N2O2S/c1-16(2)10-4-12-18(13-16)21(19,20)15-8-6-14(7-9-15)5-3-11-17/h6-9H,3-5,10-13,17H2,1-2H3. The number of hydrogen-bond donors (Lipinski definition) is 1. The number of benzene rings is 1. The summed E-state index contributed by atoms with van der Waals surface area (Å²) in [6.45, 7) is 6.14. The Morgan fingerprint density at radius 2 is 1.90 bits per heavy atom. The third kappa shape index (κ3) is 4.05. The second-order valence-electron chi connectivity index (χ2n) is 6.64. The number of hydrogen-bond acceptors (Lipinski definition) is 3. The minimum absolute atomic E-state index is 0.0619. The van der Waals surface area contributed by atoms with Gasteiger partial charge in [0.25, 0.3) is 0 Å². The van der Waals surface area contributed by atoms with Gasteiger partial charge in [0, 0.05) is 13.1 Å². The number of nitrogens with two attached hydrogens (primary N) is 1. The maximum atomic E-state index is 12.7. The molecule has 0 bridgehead atoms. The predicted octanol–water partition coefficient (Wildman–Crippen LogP) is 2.39. The third-order valence-electron chi connectivity index (χ3n) is 4.10. The van der Waals surface area contributed by atoms with E-state index in [4.69, 9.17) is 5.73 Å². The summed E-state index contributed by atoms with van der Waals surface area (Å²) in [5, 5.41) is 0. The predicted molar refractivity (Wildman–Crippen MR) is 85.6 cm³/mol. The molecule has 21 heavy (non-hydrogen) atoms. The summed E-state index contributed by atoms with van der Waals surface area (Å²) in [7, 11) is -3.36. The van der Waals surface area contributed by atoms with Crippen molar-refractivity contribution in [2.45, 2.75) is 44.4 Å². The van der Waals surface area contributed by atoms with Crippen LogP contribution in [0.15, 0.2) is 29.2 Å². The average Bonchev–Trinajstić information content (AvgIpc) is 2.44. The monoisotopic (exact) mass is 310 g/mol. The molecule has 5 heteroatoms. The van der Waals surface area contributed by atoms with Crippen LogP contribution in [0.4, 0.5) is 0 Å². The van der Waals surface area contributed by atoms with Crippen molar-refractivity contribution in [1.82, 2.24) is 4.31 Å². The Morgan fingerprint density at radius 1 is 1.24 bits per heavy atom. The van der Waals surface area contributed by atoms with Gasteiger partial charge in [-0.3, -0.25) is 0 Å². The molecule has 0 amide bonds. The summed E-state index contributed by atoms with van der Waals surface area (Å²) in [5.41, 5.74) is 6.70. The van der Waals surface area contributed by atoms with Crippen LogP contribution >= 0.6 is 0 Å². The molecule has 1 aliphatic heterocycles. The highest BCUT2D eigenvalue weighted by molar-refractivity contribution is 7.89. The molecule has 0 aromatic heterocycles. The van der Waals surface area contributed by atoms with Gasteiger partial charge in [-0.2, -0.15) is 4.31 Å². The Balaban J connectivity index is 2.15. The van der Waals surface area contributed by atoms with Crippen LogP contribution < -0.4 is 5.73 Å². The number of nitrogens with zero attached hydrogens (tertiary/aromatic N) is 1. The van der Waals surface area contributed by atoms with Gasteiger partial charge in [0.2, 0.25) is 10.0 Å². The highest BCUT2D eigenvalue weighted by Crippen LogP contribution is 2.31. The fourth-order valence-corrected chi connectivity index (χ4v) is 4.53. The van der Waals surface area contributed by atoms with E-state index in [1.807, 2.05) is 12.1 Å². The van der Waals surface area contributed by atoms with Crippen molar-refractivity contribution in [3.63, 3.8) is 0 Å². The lowest BCUT2D eigenvalue weighted by Crippen LogP contribution is -2.43. The lowest BCUT2D eigenvalue weighted by molar-refractivity contribution is 0.187. The molecule has 1 aromatic rings. The van der Waals surface area contributed by atoms with Crippen LogP contribution in [0, 0.1) is 5.41 Å². The van der Waals surface area contributed by atoms with Gasteiger partial charge in [-0.1, -0.05) is 26.0 Å². The van der Waals surface area contributed by atoms with Crippen molar-refractivity contribution in [2.24, 2.45) is 11.1 Å². The summed E-state index contributed by atoms with van der Waals surface area (Å²) in [6, 6.07) is 7.25. The second-order valence-corrected chi connectivity index (χ2v) is 8.58. The summed E-state index contributed by atoms with van der Waals surface area (Å²) in [4.78, 5) is 0.400. The molecule has 2 N–H and O–H groups in total. The van der Waals surface area contributed by atoms with Crippen molar-refractivity contribution >= 4 is 10.0 Å². The molecule has 1 aromatic carbocycles. The molecule has 0 atom stereocenters. The first-order chi connectivity index (χ1) is 9.85. The zero-order valence-corrected chi connectivity index (χ0v) is 13.8. The minimum atomic E-state index is -3.36. The van der Waals surface area contributed by atoms with Gasteiger partial charge in [-0.25, -0.2) is 8.42 Å². The van der Waals surface area contributed by atoms with Gasteiger partial charge in [-0.05, 0) is 55.3 Å². The Labute approximate surface area is 128 Å². The highest BCUT2D eigenvalue weighted by Gasteiger charge is 2.33. The molecule has 1 saturated heterocycles. The van der Waals surface area contributed by atoms with Crippen molar-refractivity contribution < 1.29 is 8.42 Å². The minimum Gasteiger partial charge on any atom is -0.330 e. The molecule has 0 spiro atoms. The Hall–Kier alpha value is -0.910. The molecule has 2 rings (SSSR count). The second kappa shape index (κ2) is 6.46. The molecular formula is C16H26N2O2S. The fraction of sp³-hybridized carbons (Fsp3) is 0.625. The van der Waals surface area contributed by atoms with E-state index in [0.29, 0.717) is 24.5 Å². The van der Waals surface area contributed by atoms with Crippen LogP contribution in [-0.4, -0.2) is 32.4 Å². The smallest absolute Gasteiger partial charge is 0.243 e. The van der Waals surface area contributed by atoms with E-state index in [-0.39, 0.29) is 5.41 Å². The van der Waals surface area contributed by atoms with Crippen LogP contribution in [0.3, 0.4) is 0 Å². The summed E-state index contributed by atoms with van der Waals surface area (Å²) in [6.07, 6.45) is 3.83. The van der Waals surface area contributed by atoms with Gasteiger partial charge < -0.3 is 5.73 Å². The molecule has 1 heterocycles. The van der Waals surface area contributed by atoms with Crippen LogP contribution in [0.5, 0.6) is 0 Å². The SMILES string of the molecule is CC1(C)CCCN(S(=O)(=O)c2ccc(CCCN)cc2)C1. The molecule has 0 unspecified atom stereocenters. The molecule has 4 nitrogen and oxygen atoms in total. The first-order valence-electron chi connectivity index (χ1n) is 7.64. The quantitative estimate of drug-likeness (QED) is 0.908. The maximum Gasteiger partial charge on any atom is 0.243 e. The van der Waals surface area contributed by atoms with E-state index in [1.54, 1.807) is 16.4 Å². The summed E-state index contributed by atoms with van der Waals surface area (Å²) in [5.74, 6) is 0. The van der Waals surface area contributed by atoms with E-state index >= 15 is 0 Å². The van der Waals surface area contributed by atoms with Crippen molar-refractivity contribution in [3.8, 4) is 0 Å². The van der Waals surface area contributed by atoms with Crippen LogP contribution in [0.25, 0.3) is 0 Å². The topological polar surface area (TPSA) is 63.4 Å². The lowest BCUT2D eigenvalue weighted by Gasteiger charge is -2.37. The molecule has 1 fully saturated rings. The van der Waals surface area contributed by atoms with E-state index in [2.05, 4.69) is 13.8 Å².